The zero-order valence-corrected chi connectivity index (χ0v) is 25.9. The van der Waals surface area contributed by atoms with E-state index in [1.165, 1.54) is 12.1 Å². The highest BCUT2D eigenvalue weighted by Crippen LogP contribution is 2.43. The average Bonchev–Trinajstić information content (AvgIpc) is 2.92. The summed E-state index contributed by atoms with van der Waals surface area (Å²) in [5.74, 6) is 1.10. The molecule has 42 heavy (non-hydrogen) atoms. The number of hydrogen-bond acceptors (Lipinski definition) is 6. The predicted octanol–water partition coefficient (Wildman–Crippen LogP) is 7.38. The largest absolute Gasteiger partial charge is 0.496 e. The Balaban J connectivity index is 1.69. The second-order valence-electron chi connectivity index (χ2n) is 11.7. The van der Waals surface area contributed by atoms with Gasteiger partial charge in [-0.15, -0.1) is 0 Å². The third-order valence-electron chi connectivity index (χ3n) is 7.34. The second-order valence-corrected chi connectivity index (χ2v) is 11.7. The van der Waals surface area contributed by atoms with Crippen LogP contribution in [0.25, 0.3) is 16.7 Å². The van der Waals surface area contributed by atoms with Crippen molar-refractivity contribution in [3.05, 3.63) is 77.1 Å². The van der Waals surface area contributed by atoms with Gasteiger partial charge in [0.05, 0.1) is 12.6 Å². The van der Waals surface area contributed by atoms with Crippen molar-refractivity contribution in [2.75, 3.05) is 46.7 Å². The number of rotatable bonds is 10. The lowest BCUT2D eigenvalue weighted by atomic mass is 9.85. The van der Waals surface area contributed by atoms with Gasteiger partial charge in [0.1, 0.15) is 29.7 Å². The number of fused-ring (bicyclic) bond motifs is 1. The molecule has 0 atom stereocenters. The Labute approximate surface area is 248 Å². The first-order valence-electron chi connectivity index (χ1n) is 14.2. The summed E-state index contributed by atoms with van der Waals surface area (Å²) in [6.07, 6.45) is 2.62. The molecule has 0 fully saturated rings. The fourth-order valence-corrected chi connectivity index (χ4v) is 5.33. The van der Waals surface area contributed by atoms with Gasteiger partial charge in [-0.2, -0.15) is 0 Å². The monoisotopic (exact) mass is 575 g/mol. The highest BCUT2D eigenvalue weighted by atomic mass is 19.1. The Bertz CT molecular complexity index is 1480. The van der Waals surface area contributed by atoms with E-state index in [0.717, 1.165) is 52.0 Å². The number of hydrogen-bond donors (Lipinski definition) is 1. The van der Waals surface area contributed by atoms with Crippen LogP contribution in [0, 0.1) is 12.7 Å². The van der Waals surface area contributed by atoms with Gasteiger partial charge in [-0.3, -0.25) is 0 Å². The van der Waals surface area contributed by atoms with E-state index >= 15 is 0 Å². The topological polar surface area (TPSA) is 63.3 Å². The fraction of sp³-hybridized carbons (Fsp3) is 0.382. The summed E-state index contributed by atoms with van der Waals surface area (Å²) >= 11 is 0. The van der Waals surface area contributed by atoms with Crippen molar-refractivity contribution >= 4 is 17.4 Å². The van der Waals surface area contributed by atoms with Crippen LogP contribution in [0.1, 0.15) is 43.9 Å². The number of carbonyl (C=O) groups is 1. The molecule has 1 N–H and O–H groups in total. The Kier molecular flexibility index (Phi) is 9.46. The lowest BCUT2D eigenvalue weighted by Gasteiger charge is -2.33. The molecule has 0 spiro atoms. The normalized spacial score (nSPS) is 13.6. The Hall–Kier alpha value is -4.04. The minimum Gasteiger partial charge on any atom is -0.496 e. The molecule has 7 nitrogen and oxygen atoms in total. The van der Waals surface area contributed by atoms with Crippen LogP contribution < -0.4 is 19.5 Å². The molecule has 3 aromatic carbocycles. The van der Waals surface area contributed by atoms with Gasteiger partial charge in [0.15, 0.2) is 0 Å². The highest BCUT2D eigenvalue weighted by molar-refractivity contribution is 5.88. The first-order valence-corrected chi connectivity index (χ1v) is 14.2. The fourth-order valence-electron chi connectivity index (χ4n) is 5.33. The van der Waals surface area contributed by atoms with E-state index in [4.69, 9.17) is 14.2 Å². The molecule has 0 saturated heterocycles. The van der Waals surface area contributed by atoms with Crippen molar-refractivity contribution in [1.82, 2.24) is 9.80 Å². The van der Waals surface area contributed by atoms with Crippen LogP contribution >= 0.6 is 0 Å². The van der Waals surface area contributed by atoms with Crippen LogP contribution in [0.4, 0.5) is 14.9 Å². The number of benzene rings is 3. The number of aryl methyl sites for hydroxylation is 1. The van der Waals surface area contributed by atoms with Gasteiger partial charge in [-0.1, -0.05) is 18.2 Å². The number of amides is 1. The molecule has 0 radical (unpaired) electrons. The molecule has 4 rings (SSSR count). The van der Waals surface area contributed by atoms with Crippen LogP contribution in [-0.2, 0) is 6.61 Å². The summed E-state index contributed by atoms with van der Waals surface area (Å²) in [6, 6.07) is 14.1. The molecule has 0 aliphatic carbocycles. The first kappa shape index (κ1) is 30.9. The van der Waals surface area contributed by atoms with Gasteiger partial charge in [-0.05, 0) is 95.7 Å². The smallest absolute Gasteiger partial charge is 0.414 e. The molecule has 1 aliphatic heterocycles. The van der Waals surface area contributed by atoms with Crippen molar-refractivity contribution in [2.45, 2.75) is 46.3 Å². The summed E-state index contributed by atoms with van der Waals surface area (Å²) in [6.45, 7) is 9.93. The SMILES string of the molecule is COc1cc(OC(=O)N(C)CCCN(C)C)ccc1-c1ccc2c(c1COc1cc(F)ccc1C)C(C)=CC(C)(C)N2. The quantitative estimate of drug-likeness (QED) is 0.272. The van der Waals surface area contributed by atoms with Crippen LogP contribution in [0.3, 0.4) is 0 Å². The van der Waals surface area contributed by atoms with Gasteiger partial charge >= 0.3 is 6.09 Å². The maximum atomic E-state index is 14.1. The number of halogens is 1. The maximum Gasteiger partial charge on any atom is 0.414 e. The molecule has 8 heteroatoms. The third kappa shape index (κ3) is 7.23. The number of allylic oxidation sites excluding steroid dienone is 1. The summed E-state index contributed by atoms with van der Waals surface area (Å²) < 4.78 is 31.8. The van der Waals surface area contributed by atoms with Gasteiger partial charge in [-0.25, -0.2) is 9.18 Å². The first-order chi connectivity index (χ1) is 19.9. The Morgan fingerprint density at radius 1 is 0.952 bits per heavy atom. The zero-order valence-electron chi connectivity index (χ0n) is 25.9. The summed E-state index contributed by atoms with van der Waals surface area (Å²) in [4.78, 5) is 16.4. The van der Waals surface area contributed by atoms with Crippen molar-refractivity contribution in [2.24, 2.45) is 0 Å². The zero-order chi connectivity index (χ0) is 30.6. The molecule has 3 aromatic rings. The standard InChI is InChI=1S/C34H42FN3O4/c1-22-10-11-24(35)18-30(22)41-21-28-26(14-15-29-32(28)23(2)20-34(3,4)36-29)27-13-12-25(19-31(27)40-8)42-33(39)38(7)17-9-16-37(5)6/h10-15,18-20,36H,9,16-17,21H2,1-8H3. The summed E-state index contributed by atoms with van der Waals surface area (Å²) in [5.41, 5.74) is 6.48. The van der Waals surface area contributed by atoms with E-state index in [2.05, 4.69) is 43.1 Å². The van der Waals surface area contributed by atoms with Gasteiger partial charge in [0, 0.05) is 48.1 Å². The van der Waals surface area contributed by atoms with Crippen molar-refractivity contribution in [3.63, 3.8) is 0 Å². The van der Waals surface area contributed by atoms with Gasteiger partial charge in [0.2, 0.25) is 0 Å². The van der Waals surface area contributed by atoms with Gasteiger partial charge in [0.25, 0.3) is 0 Å². The molecular weight excluding hydrogens is 533 g/mol. The van der Waals surface area contributed by atoms with E-state index in [1.54, 1.807) is 37.3 Å². The van der Waals surface area contributed by atoms with E-state index in [0.29, 0.717) is 23.8 Å². The number of nitrogens with one attached hydrogen (secondary N) is 1. The number of nitrogens with zero attached hydrogens (tertiary/aromatic N) is 2. The Morgan fingerprint density at radius 2 is 1.69 bits per heavy atom. The van der Waals surface area contributed by atoms with E-state index < -0.39 is 6.09 Å². The minimum atomic E-state index is -0.425. The summed E-state index contributed by atoms with van der Waals surface area (Å²) in [7, 11) is 7.33. The van der Waals surface area contributed by atoms with Crippen molar-refractivity contribution in [1.29, 1.82) is 0 Å². The lowest BCUT2D eigenvalue weighted by Crippen LogP contribution is -2.32. The van der Waals surface area contributed by atoms with Crippen molar-refractivity contribution in [3.8, 4) is 28.4 Å². The summed E-state index contributed by atoms with van der Waals surface area (Å²) in [5, 5.41) is 3.61. The molecule has 1 aliphatic rings. The molecule has 0 bridgehead atoms. The van der Waals surface area contributed by atoms with E-state index in [-0.39, 0.29) is 18.0 Å². The van der Waals surface area contributed by atoms with Crippen LogP contribution in [0.5, 0.6) is 17.2 Å². The van der Waals surface area contributed by atoms with E-state index in [9.17, 15) is 9.18 Å². The van der Waals surface area contributed by atoms with E-state index in [1.807, 2.05) is 33.2 Å². The second kappa shape index (κ2) is 12.9. The number of ether oxygens (including phenoxy) is 3. The molecular formula is C34H42FN3O4. The Morgan fingerprint density at radius 3 is 2.40 bits per heavy atom. The number of anilines is 1. The molecule has 0 aromatic heterocycles. The molecule has 1 amide bonds. The van der Waals surface area contributed by atoms with Crippen LogP contribution in [0.2, 0.25) is 0 Å². The number of methoxy groups -OCH3 is 1. The van der Waals surface area contributed by atoms with Gasteiger partial charge < -0.3 is 29.3 Å². The lowest BCUT2D eigenvalue weighted by molar-refractivity contribution is 0.161. The molecule has 0 saturated carbocycles. The molecule has 224 valence electrons. The highest BCUT2D eigenvalue weighted by Gasteiger charge is 2.27. The number of carbonyl (C=O) groups excluding carboxylic acids is 1. The third-order valence-corrected chi connectivity index (χ3v) is 7.34. The van der Waals surface area contributed by atoms with Crippen LogP contribution in [-0.4, -0.2) is 62.8 Å². The van der Waals surface area contributed by atoms with Crippen molar-refractivity contribution < 1.29 is 23.4 Å². The molecule has 1 heterocycles. The maximum absolute atomic E-state index is 14.1. The average molecular weight is 576 g/mol. The van der Waals surface area contributed by atoms with Crippen LogP contribution in [0.15, 0.2) is 54.6 Å². The predicted molar refractivity (Wildman–Crippen MR) is 167 cm³/mol. The molecule has 0 unspecified atom stereocenters. The minimum absolute atomic E-state index is 0.210.